The van der Waals surface area contributed by atoms with Crippen molar-refractivity contribution in [3.63, 3.8) is 0 Å². The number of aryl methyl sites for hydroxylation is 2. The minimum absolute atomic E-state index is 0.0620. The van der Waals surface area contributed by atoms with Crippen molar-refractivity contribution in [2.45, 2.75) is 45.8 Å². The molecule has 0 fully saturated rings. The van der Waals surface area contributed by atoms with E-state index in [4.69, 9.17) is 13.7 Å². The van der Waals surface area contributed by atoms with E-state index in [2.05, 4.69) is 10.3 Å². The zero-order chi connectivity index (χ0) is 28.7. The molecule has 3 aliphatic heterocycles. The number of carbonyl (C=O) groups is 1. The van der Waals surface area contributed by atoms with Gasteiger partial charge in [0.2, 0.25) is 0 Å². The number of aliphatic carboxylic acids is 1. The standard InChI is InChI=1S/C29H30N4O7S/c1-18-3-4-20-13-21(18)16-32-17-22-14-23(5-8-27(22)40-41(32,36)37)39-12-11-38-10-9-33-26-7-6-24(25(20)15-28(34)35)19(2)29(26)30-31-33/h3-8,13-14,25H,9-12,15-17H2,1-2H3,(H,34,35). The molecule has 3 aromatic carbocycles. The predicted molar refractivity (Wildman–Crippen MR) is 149 cm³/mol. The average molecular weight is 579 g/mol. The topological polar surface area (TPSA) is 133 Å². The van der Waals surface area contributed by atoms with Crippen molar-refractivity contribution < 1.29 is 32.0 Å². The second kappa shape index (κ2) is 10.8. The molecule has 214 valence electrons. The number of rotatable bonds is 2. The number of fused-ring (bicyclic) bond motifs is 6. The van der Waals surface area contributed by atoms with E-state index in [-0.39, 0.29) is 25.3 Å². The van der Waals surface area contributed by atoms with Gasteiger partial charge in [0.05, 0.1) is 31.7 Å². The van der Waals surface area contributed by atoms with Gasteiger partial charge in [0, 0.05) is 24.6 Å². The molecule has 0 amide bonds. The molecule has 41 heavy (non-hydrogen) atoms. The van der Waals surface area contributed by atoms with Crippen LogP contribution >= 0.6 is 0 Å². The first-order valence-corrected chi connectivity index (χ1v) is 14.7. The zero-order valence-electron chi connectivity index (χ0n) is 22.7. The molecule has 1 aromatic heterocycles. The van der Waals surface area contributed by atoms with Crippen molar-refractivity contribution in [3.05, 3.63) is 81.9 Å². The molecular formula is C29H30N4O7S. The van der Waals surface area contributed by atoms with E-state index in [1.807, 2.05) is 44.2 Å². The first kappa shape index (κ1) is 27.2. The van der Waals surface area contributed by atoms with Gasteiger partial charge < -0.3 is 18.8 Å². The molecule has 3 aliphatic rings. The molecule has 7 rings (SSSR count). The number of carboxylic acid groups (broad SMARTS) is 1. The van der Waals surface area contributed by atoms with Crippen LogP contribution < -0.4 is 8.92 Å². The van der Waals surface area contributed by atoms with Gasteiger partial charge in [-0.15, -0.1) is 5.10 Å². The van der Waals surface area contributed by atoms with Crippen LogP contribution in [0.2, 0.25) is 0 Å². The first-order chi connectivity index (χ1) is 19.7. The van der Waals surface area contributed by atoms with Crippen molar-refractivity contribution in [1.82, 2.24) is 19.3 Å². The van der Waals surface area contributed by atoms with Gasteiger partial charge in [-0.25, -0.2) is 4.68 Å². The Morgan fingerprint density at radius 2 is 1.85 bits per heavy atom. The van der Waals surface area contributed by atoms with Crippen LogP contribution in [-0.2, 0) is 39.5 Å². The third-order valence-electron chi connectivity index (χ3n) is 7.69. The van der Waals surface area contributed by atoms with Crippen LogP contribution in [0.5, 0.6) is 11.5 Å². The normalized spacial score (nSPS) is 20.3. The Morgan fingerprint density at radius 1 is 1.02 bits per heavy atom. The SMILES string of the molecule is Cc1ccc2cc1CN1Cc3cc(ccc3OS1(=O)=O)OCCOCCn1nnc3c(C)c(ccc31)C2CC(=O)O. The maximum Gasteiger partial charge on any atom is 0.385 e. The summed E-state index contributed by atoms with van der Waals surface area (Å²) in [6.45, 7) is 5.57. The maximum atomic E-state index is 13.1. The van der Waals surface area contributed by atoms with E-state index in [9.17, 15) is 18.3 Å². The van der Waals surface area contributed by atoms with Crippen LogP contribution in [0.25, 0.3) is 11.0 Å². The van der Waals surface area contributed by atoms with E-state index in [1.165, 1.54) is 4.31 Å². The molecule has 11 nitrogen and oxygen atoms in total. The Kier molecular flexibility index (Phi) is 7.14. The minimum Gasteiger partial charge on any atom is -0.491 e. The smallest absolute Gasteiger partial charge is 0.385 e. The van der Waals surface area contributed by atoms with Crippen LogP contribution in [0.4, 0.5) is 0 Å². The van der Waals surface area contributed by atoms with Gasteiger partial charge in [-0.1, -0.05) is 29.5 Å². The summed E-state index contributed by atoms with van der Waals surface area (Å²) in [4.78, 5) is 12.0. The van der Waals surface area contributed by atoms with Gasteiger partial charge in [-0.2, -0.15) is 12.7 Å². The molecule has 0 spiro atoms. The minimum atomic E-state index is -4.05. The maximum absolute atomic E-state index is 13.1. The Morgan fingerprint density at radius 3 is 2.68 bits per heavy atom. The van der Waals surface area contributed by atoms with Gasteiger partial charge in [-0.3, -0.25) is 4.79 Å². The molecule has 2 atom stereocenters. The third-order valence-corrected chi connectivity index (χ3v) is 8.97. The Balaban J connectivity index is 1.45. The predicted octanol–water partition coefficient (Wildman–Crippen LogP) is 3.70. The van der Waals surface area contributed by atoms with Crippen molar-refractivity contribution in [1.29, 1.82) is 0 Å². The number of hydrogen-bond acceptors (Lipinski definition) is 8. The Labute approximate surface area is 237 Å². The van der Waals surface area contributed by atoms with Gasteiger partial charge >= 0.3 is 16.3 Å². The summed E-state index contributed by atoms with van der Waals surface area (Å²) in [7, 11) is -4.05. The highest BCUT2D eigenvalue weighted by Gasteiger charge is 2.32. The van der Waals surface area contributed by atoms with E-state index >= 15 is 0 Å². The lowest BCUT2D eigenvalue weighted by molar-refractivity contribution is -0.137. The number of hydrogen-bond donors (Lipinski definition) is 1. The Bertz CT molecular complexity index is 1750. The van der Waals surface area contributed by atoms with Crippen molar-refractivity contribution in [3.8, 4) is 11.5 Å². The van der Waals surface area contributed by atoms with E-state index in [0.717, 1.165) is 33.3 Å². The summed E-state index contributed by atoms with van der Waals surface area (Å²) in [5.74, 6) is -0.560. The number of benzene rings is 3. The fraction of sp³-hybridized carbons (Fsp3) is 0.345. The van der Waals surface area contributed by atoms with Crippen LogP contribution in [0, 0.1) is 13.8 Å². The summed E-state index contributed by atoms with van der Waals surface area (Å²) in [6.07, 6.45) is -0.141. The molecule has 9 bridgehead atoms. The summed E-state index contributed by atoms with van der Waals surface area (Å²) in [5.41, 5.74) is 6.32. The molecular weight excluding hydrogens is 548 g/mol. The lowest BCUT2D eigenvalue weighted by atomic mass is 9.84. The largest absolute Gasteiger partial charge is 0.491 e. The third kappa shape index (κ3) is 5.37. The van der Waals surface area contributed by atoms with Crippen LogP contribution in [0.3, 0.4) is 0 Å². The summed E-state index contributed by atoms with van der Waals surface area (Å²) in [6, 6.07) is 14.6. The van der Waals surface area contributed by atoms with Crippen LogP contribution in [0.1, 0.15) is 45.7 Å². The summed E-state index contributed by atoms with van der Waals surface area (Å²) < 4.78 is 46.3. The first-order valence-electron chi connectivity index (χ1n) is 13.4. The molecule has 0 saturated heterocycles. The van der Waals surface area contributed by atoms with Crippen molar-refractivity contribution in [2.75, 3.05) is 19.8 Å². The summed E-state index contributed by atoms with van der Waals surface area (Å²) >= 11 is 0. The highest BCUT2D eigenvalue weighted by molar-refractivity contribution is 7.84. The van der Waals surface area contributed by atoms with Gasteiger partial charge in [0.15, 0.2) is 0 Å². The monoisotopic (exact) mass is 578 g/mol. The highest BCUT2D eigenvalue weighted by atomic mass is 32.2. The fourth-order valence-corrected chi connectivity index (χ4v) is 6.56. The molecule has 12 heteroatoms. The number of nitrogens with zero attached hydrogens (tertiary/aromatic N) is 4. The zero-order valence-corrected chi connectivity index (χ0v) is 23.6. The molecule has 0 radical (unpaired) electrons. The Hall–Kier alpha value is -4.00. The fourth-order valence-electron chi connectivity index (χ4n) is 5.47. The number of carboxylic acids is 1. The molecule has 4 aromatic rings. The lowest BCUT2D eigenvalue weighted by Crippen LogP contribution is -2.37. The molecule has 0 saturated carbocycles. The van der Waals surface area contributed by atoms with Crippen LogP contribution in [0.15, 0.2) is 48.5 Å². The van der Waals surface area contributed by atoms with Crippen molar-refractivity contribution in [2.24, 2.45) is 0 Å². The van der Waals surface area contributed by atoms with Gasteiger partial charge in [0.25, 0.3) is 0 Å². The van der Waals surface area contributed by atoms with E-state index in [1.54, 1.807) is 22.9 Å². The number of ether oxygens (including phenoxy) is 2. The number of aromatic nitrogens is 3. The lowest BCUT2D eigenvalue weighted by Gasteiger charge is -2.29. The quantitative estimate of drug-likeness (QED) is 0.378. The van der Waals surface area contributed by atoms with Crippen molar-refractivity contribution >= 4 is 27.3 Å². The van der Waals surface area contributed by atoms with E-state index in [0.29, 0.717) is 43.2 Å². The average Bonchev–Trinajstić information content (AvgIpc) is 3.34. The second-order valence-corrected chi connectivity index (χ2v) is 11.9. The van der Waals surface area contributed by atoms with E-state index < -0.39 is 22.2 Å². The van der Waals surface area contributed by atoms with Crippen LogP contribution in [-0.4, -0.2) is 58.6 Å². The molecule has 2 unspecified atom stereocenters. The molecule has 4 heterocycles. The summed E-state index contributed by atoms with van der Waals surface area (Å²) in [5, 5.41) is 18.6. The highest BCUT2D eigenvalue weighted by Crippen LogP contribution is 2.36. The molecule has 0 aliphatic carbocycles. The molecule has 1 N–H and O–H groups in total. The van der Waals surface area contributed by atoms with Gasteiger partial charge in [-0.05, 0) is 65.9 Å². The van der Waals surface area contributed by atoms with Gasteiger partial charge in [0.1, 0.15) is 23.6 Å². The second-order valence-electron chi connectivity index (χ2n) is 10.3.